The Labute approximate surface area is 129 Å². The van der Waals surface area contributed by atoms with Crippen molar-refractivity contribution in [2.24, 2.45) is 5.92 Å². The largest absolute Gasteiger partial charge is 0.393 e. The van der Waals surface area contributed by atoms with E-state index in [2.05, 4.69) is 4.90 Å². The second-order valence-corrected chi connectivity index (χ2v) is 7.03. The predicted octanol–water partition coefficient (Wildman–Crippen LogP) is 2.26. The van der Waals surface area contributed by atoms with Crippen LogP contribution in [0.15, 0.2) is 0 Å². The Bertz CT molecular complexity index is 332. The molecule has 0 aromatic carbocycles. The molecule has 1 aliphatic carbocycles. The molecule has 0 aromatic rings. The highest BCUT2D eigenvalue weighted by Crippen LogP contribution is 2.25. The molecular weight excluding hydrogens is 264 g/mol. The molecule has 4 heteroatoms. The molecule has 2 aliphatic rings. The number of piperidine rings is 1. The molecule has 0 spiro atoms. The van der Waals surface area contributed by atoms with Gasteiger partial charge in [0.15, 0.2) is 0 Å². The van der Waals surface area contributed by atoms with E-state index < -0.39 is 0 Å². The van der Waals surface area contributed by atoms with E-state index in [0.29, 0.717) is 12.0 Å². The van der Waals surface area contributed by atoms with Crippen LogP contribution in [0.5, 0.6) is 0 Å². The Kier molecular flexibility index (Phi) is 6.06. The molecule has 1 aliphatic heterocycles. The summed E-state index contributed by atoms with van der Waals surface area (Å²) in [7, 11) is 1.98. The van der Waals surface area contributed by atoms with Gasteiger partial charge in [0.25, 0.3) is 0 Å². The number of amides is 1. The molecule has 2 rings (SSSR count). The summed E-state index contributed by atoms with van der Waals surface area (Å²) in [5.41, 5.74) is 0. The van der Waals surface area contributed by atoms with E-state index in [4.69, 9.17) is 0 Å². The SMILES string of the molecule is CC(O)C1CCN(C(C)C(=O)N(C)C2CCCCC2)CC1. The molecule has 122 valence electrons. The van der Waals surface area contributed by atoms with Gasteiger partial charge in [-0.1, -0.05) is 19.3 Å². The van der Waals surface area contributed by atoms with Crippen molar-refractivity contribution in [1.82, 2.24) is 9.80 Å². The van der Waals surface area contributed by atoms with Crippen molar-refractivity contribution < 1.29 is 9.90 Å². The summed E-state index contributed by atoms with van der Waals surface area (Å²) in [5.74, 6) is 0.678. The normalized spacial score (nSPS) is 25.5. The van der Waals surface area contributed by atoms with Crippen molar-refractivity contribution >= 4 is 5.91 Å². The molecular formula is C17H32N2O2. The average molecular weight is 296 g/mol. The van der Waals surface area contributed by atoms with Gasteiger partial charge in [0, 0.05) is 13.1 Å². The maximum atomic E-state index is 12.7. The Morgan fingerprint density at radius 1 is 1.10 bits per heavy atom. The minimum absolute atomic E-state index is 0.0214. The number of likely N-dealkylation sites (N-methyl/N-ethyl adjacent to an activating group) is 1. The Morgan fingerprint density at radius 2 is 1.67 bits per heavy atom. The number of likely N-dealkylation sites (tertiary alicyclic amines) is 1. The monoisotopic (exact) mass is 296 g/mol. The van der Waals surface area contributed by atoms with Crippen LogP contribution in [0.4, 0.5) is 0 Å². The van der Waals surface area contributed by atoms with Crippen LogP contribution in [0, 0.1) is 5.92 Å². The first-order chi connectivity index (χ1) is 10.0. The van der Waals surface area contributed by atoms with Crippen molar-refractivity contribution in [2.75, 3.05) is 20.1 Å². The minimum Gasteiger partial charge on any atom is -0.393 e. The molecule has 4 nitrogen and oxygen atoms in total. The first-order valence-electron chi connectivity index (χ1n) is 8.69. The highest BCUT2D eigenvalue weighted by atomic mass is 16.3. The van der Waals surface area contributed by atoms with E-state index >= 15 is 0 Å². The lowest BCUT2D eigenvalue weighted by Crippen LogP contribution is -2.51. The summed E-state index contributed by atoms with van der Waals surface area (Å²) >= 11 is 0. The number of aliphatic hydroxyl groups excluding tert-OH is 1. The van der Waals surface area contributed by atoms with Gasteiger partial charge in [0.05, 0.1) is 12.1 Å². The lowest BCUT2D eigenvalue weighted by atomic mass is 9.91. The van der Waals surface area contributed by atoms with E-state index in [1.807, 2.05) is 25.8 Å². The molecule has 2 fully saturated rings. The average Bonchev–Trinajstić information content (AvgIpc) is 2.53. The predicted molar refractivity (Wildman–Crippen MR) is 85.1 cm³/mol. The molecule has 0 radical (unpaired) electrons. The molecule has 0 bridgehead atoms. The fourth-order valence-electron chi connectivity index (χ4n) is 3.89. The topological polar surface area (TPSA) is 43.8 Å². The van der Waals surface area contributed by atoms with E-state index in [9.17, 15) is 9.90 Å². The smallest absolute Gasteiger partial charge is 0.239 e. The molecule has 2 atom stereocenters. The molecule has 1 heterocycles. The fraction of sp³-hybridized carbons (Fsp3) is 0.941. The number of aliphatic hydroxyl groups is 1. The fourth-order valence-corrected chi connectivity index (χ4v) is 3.89. The van der Waals surface area contributed by atoms with Crippen LogP contribution in [0.3, 0.4) is 0 Å². The zero-order valence-electron chi connectivity index (χ0n) is 13.9. The van der Waals surface area contributed by atoms with Crippen molar-refractivity contribution in [2.45, 2.75) is 77.0 Å². The second-order valence-electron chi connectivity index (χ2n) is 7.03. The van der Waals surface area contributed by atoms with E-state index in [0.717, 1.165) is 25.9 Å². The van der Waals surface area contributed by atoms with Gasteiger partial charge in [-0.05, 0) is 58.5 Å². The summed E-state index contributed by atoms with van der Waals surface area (Å²) in [5, 5.41) is 9.68. The van der Waals surface area contributed by atoms with Gasteiger partial charge in [-0.2, -0.15) is 0 Å². The zero-order chi connectivity index (χ0) is 15.4. The van der Waals surface area contributed by atoms with E-state index in [1.165, 1.54) is 32.1 Å². The second kappa shape index (κ2) is 7.59. The van der Waals surface area contributed by atoms with Crippen molar-refractivity contribution in [1.29, 1.82) is 0 Å². The summed E-state index contributed by atoms with van der Waals surface area (Å²) in [4.78, 5) is 17.0. The van der Waals surface area contributed by atoms with Gasteiger partial charge in [-0.3, -0.25) is 9.69 Å². The van der Waals surface area contributed by atoms with Crippen molar-refractivity contribution in [3.8, 4) is 0 Å². The molecule has 2 unspecified atom stereocenters. The van der Waals surface area contributed by atoms with Gasteiger partial charge in [0.2, 0.25) is 5.91 Å². The lowest BCUT2D eigenvalue weighted by Gasteiger charge is -2.39. The van der Waals surface area contributed by atoms with Gasteiger partial charge in [-0.15, -0.1) is 0 Å². The molecule has 1 amide bonds. The lowest BCUT2D eigenvalue weighted by molar-refractivity contribution is -0.138. The van der Waals surface area contributed by atoms with Crippen LogP contribution >= 0.6 is 0 Å². The zero-order valence-corrected chi connectivity index (χ0v) is 13.9. The van der Waals surface area contributed by atoms with Crippen molar-refractivity contribution in [3.63, 3.8) is 0 Å². The van der Waals surface area contributed by atoms with Crippen LogP contribution in [0.1, 0.15) is 58.8 Å². The van der Waals surface area contributed by atoms with Crippen LogP contribution in [0.25, 0.3) is 0 Å². The Morgan fingerprint density at radius 3 is 2.19 bits per heavy atom. The summed E-state index contributed by atoms with van der Waals surface area (Å²) in [6.07, 6.45) is 7.96. The number of carbonyl (C=O) groups is 1. The number of hydrogen-bond donors (Lipinski definition) is 1. The Balaban J connectivity index is 1.84. The molecule has 1 N–H and O–H groups in total. The Hall–Kier alpha value is -0.610. The highest BCUT2D eigenvalue weighted by molar-refractivity contribution is 5.81. The summed E-state index contributed by atoms with van der Waals surface area (Å²) in [6.45, 7) is 5.79. The van der Waals surface area contributed by atoms with E-state index in [-0.39, 0.29) is 18.1 Å². The maximum absolute atomic E-state index is 12.7. The van der Waals surface area contributed by atoms with Gasteiger partial charge < -0.3 is 10.0 Å². The van der Waals surface area contributed by atoms with Gasteiger partial charge in [-0.25, -0.2) is 0 Å². The number of nitrogens with zero attached hydrogens (tertiary/aromatic N) is 2. The van der Waals surface area contributed by atoms with Crippen LogP contribution in [0.2, 0.25) is 0 Å². The van der Waals surface area contributed by atoms with Crippen LogP contribution < -0.4 is 0 Å². The number of carbonyl (C=O) groups excluding carboxylic acids is 1. The molecule has 0 aromatic heterocycles. The third-order valence-electron chi connectivity index (χ3n) is 5.63. The van der Waals surface area contributed by atoms with Gasteiger partial charge in [0.1, 0.15) is 0 Å². The molecule has 1 saturated heterocycles. The van der Waals surface area contributed by atoms with Crippen molar-refractivity contribution in [3.05, 3.63) is 0 Å². The van der Waals surface area contributed by atoms with Crippen LogP contribution in [-0.4, -0.2) is 59.1 Å². The maximum Gasteiger partial charge on any atom is 0.239 e. The highest BCUT2D eigenvalue weighted by Gasteiger charge is 2.31. The number of hydrogen-bond acceptors (Lipinski definition) is 3. The first-order valence-corrected chi connectivity index (χ1v) is 8.69. The third-order valence-corrected chi connectivity index (χ3v) is 5.63. The third kappa shape index (κ3) is 4.19. The quantitative estimate of drug-likeness (QED) is 0.865. The summed E-state index contributed by atoms with van der Waals surface area (Å²) < 4.78 is 0. The van der Waals surface area contributed by atoms with Gasteiger partial charge >= 0.3 is 0 Å². The molecule has 1 saturated carbocycles. The van der Waals surface area contributed by atoms with E-state index in [1.54, 1.807) is 0 Å². The molecule has 21 heavy (non-hydrogen) atoms. The number of rotatable bonds is 4. The summed E-state index contributed by atoms with van der Waals surface area (Å²) in [6, 6.07) is 0.426. The standard InChI is InChI=1S/C17H32N2O2/c1-13(19-11-9-15(10-12-19)14(2)20)17(21)18(3)16-7-5-4-6-8-16/h13-16,20H,4-12H2,1-3H3. The first kappa shape index (κ1) is 16.8. The van der Waals surface area contributed by atoms with Crippen LogP contribution in [-0.2, 0) is 4.79 Å². The minimum atomic E-state index is -0.219.